The van der Waals surface area contributed by atoms with Crippen molar-refractivity contribution in [2.75, 3.05) is 0 Å². The van der Waals surface area contributed by atoms with E-state index in [1.54, 1.807) is 12.1 Å². The molecule has 1 aromatic rings. The van der Waals surface area contributed by atoms with E-state index in [4.69, 9.17) is 0 Å². The average molecular weight is 220 g/mol. The number of aromatic hydroxyl groups is 1. The second-order valence-corrected chi connectivity index (χ2v) is 6.14. The molecule has 1 N–H and O–H groups in total. The Bertz CT molecular complexity index is 346. The molecule has 3 atom stereocenters. The van der Waals surface area contributed by atoms with Crippen LogP contribution in [0, 0.1) is 11.8 Å². The number of rotatable bonds is 2. The van der Waals surface area contributed by atoms with E-state index < -0.39 is 0 Å². The molecular weight excluding hydrogens is 204 g/mol. The molecule has 3 unspecified atom stereocenters. The van der Waals surface area contributed by atoms with E-state index >= 15 is 0 Å². The first-order valence-corrected chi connectivity index (χ1v) is 6.65. The summed E-state index contributed by atoms with van der Waals surface area (Å²) in [5.74, 6) is 2.35. The zero-order chi connectivity index (χ0) is 10.3. The highest BCUT2D eigenvalue weighted by atomic mass is 32.2. The Kier molecular flexibility index (Phi) is 2.39. The normalized spacial score (nSPS) is 33.5. The second kappa shape index (κ2) is 3.75. The maximum Gasteiger partial charge on any atom is 0.115 e. The van der Waals surface area contributed by atoms with E-state index in [2.05, 4.69) is 0 Å². The van der Waals surface area contributed by atoms with Crippen LogP contribution in [0.4, 0.5) is 0 Å². The Morgan fingerprint density at radius 2 is 1.87 bits per heavy atom. The van der Waals surface area contributed by atoms with Gasteiger partial charge in [0.2, 0.25) is 0 Å². The molecule has 0 aliphatic heterocycles. The van der Waals surface area contributed by atoms with Gasteiger partial charge in [0.15, 0.2) is 0 Å². The Morgan fingerprint density at radius 1 is 1.07 bits per heavy atom. The Hall–Kier alpha value is -0.630. The lowest BCUT2D eigenvalue weighted by atomic mass is 10.0. The molecule has 0 aromatic heterocycles. The SMILES string of the molecule is Oc1ccc(SC2CC3CCC2C3)cc1. The highest BCUT2D eigenvalue weighted by Gasteiger charge is 2.39. The number of hydrogen-bond donors (Lipinski definition) is 1. The standard InChI is InChI=1S/C13H16OS/c14-11-3-5-12(6-4-11)15-13-8-9-1-2-10(13)7-9/h3-6,9-10,13-14H,1-2,7-8H2. The molecule has 0 spiro atoms. The van der Waals surface area contributed by atoms with Crippen LogP contribution in [-0.2, 0) is 0 Å². The van der Waals surface area contributed by atoms with Gasteiger partial charge in [-0.15, -0.1) is 11.8 Å². The number of phenols is 1. The molecule has 0 heterocycles. The molecule has 80 valence electrons. The molecule has 0 saturated heterocycles. The summed E-state index contributed by atoms with van der Waals surface area (Å²) in [4.78, 5) is 1.31. The van der Waals surface area contributed by atoms with Crippen LogP contribution in [0.1, 0.15) is 25.7 Å². The molecule has 2 heteroatoms. The lowest BCUT2D eigenvalue weighted by molar-refractivity contribution is 0.474. The summed E-state index contributed by atoms with van der Waals surface area (Å²) in [5.41, 5.74) is 0. The van der Waals surface area contributed by atoms with Gasteiger partial charge in [0, 0.05) is 10.1 Å². The molecule has 1 nitrogen and oxygen atoms in total. The summed E-state index contributed by atoms with van der Waals surface area (Å²) in [6.07, 6.45) is 5.80. The van der Waals surface area contributed by atoms with Crippen LogP contribution in [-0.4, -0.2) is 10.4 Å². The van der Waals surface area contributed by atoms with E-state index in [9.17, 15) is 5.11 Å². The fourth-order valence-electron chi connectivity index (χ4n) is 3.03. The van der Waals surface area contributed by atoms with E-state index in [-0.39, 0.29) is 0 Å². The first-order valence-electron chi connectivity index (χ1n) is 5.77. The monoisotopic (exact) mass is 220 g/mol. The van der Waals surface area contributed by atoms with Crippen molar-refractivity contribution in [1.82, 2.24) is 0 Å². The lowest BCUT2D eigenvalue weighted by Crippen LogP contribution is -2.11. The van der Waals surface area contributed by atoms with Gasteiger partial charge in [-0.05, 0) is 55.4 Å². The summed E-state index contributed by atoms with van der Waals surface area (Å²) in [6.45, 7) is 0. The Balaban J connectivity index is 1.68. The minimum atomic E-state index is 0.368. The van der Waals surface area contributed by atoms with Crippen LogP contribution in [0.15, 0.2) is 29.2 Å². The van der Waals surface area contributed by atoms with Crippen molar-refractivity contribution in [3.63, 3.8) is 0 Å². The third-order valence-electron chi connectivity index (χ3n) is 3.80. The maximum atomic E-state index is 9.21. The van der Waals surface area contributed by atoms with Gasteiger partial charge in [-0.25, -0.2) is 0 Å². The van der Waals surface area contributed by atoms with Crippen molar-refractivity contribution in [3.05, 3.63) is 24.3 Å². The van der Waals surface area contributed by atoms with Gasteiger partial charge in [-0.3, -0.25) is 0 Å². The van der Waals surface area contributed by atoms with Crippen molar-refractivity contribution >= 4 is 11.8 Å². The Morgan fingerprint density at radius 3 is 2.47 bits per heavy atom. The lowest BCUT2D eigenvalue weighted by Gasteiger charge is -2.20. The van der Waals surface area contributed by atoms with E-state index in [0.717, 1.165) is 17.1 Å². The first-order chi connectivity index (χ1) is 7.31. The van der Waals surface area contributed by atoms with Crippen LogP contribution in [0.25, 0.3) is 0 Å². The summed E-state index contributed by atoms with van der Waals surface area (Å²) in [7, 11) is 0. The van der Waals surface area contributed by atoms with Crippen molar-refractivity contribution in [3.8, 4) is 5.75 Å². The van der Waals surface area contributed by atoms with Gasteiger partial charge >= 0.3 is 0 Å². The van der Waals surface area contributed by atoms with Crippen molar-refractivity contribution < 1.29 is 5.11 Å². The molecule has 2 aliphatic carbocycles. The van der Waals surface area contributed by atoms with Crippen LogP contribution < -0.4 is 0 Å². The van der Waals surface area contributed by atoms with Gasteiger partial charge in [0.05, 0.1) is 0 Å². The summed E-state index contributed by atoms with van der Waals surface area (Å²) in [5, 5.41) is 10.1. The molecule has 0 radical (unpaired) electrons. The fraction of sp³-hybridized carbons (Fsp3) is 0.538. The molecule has 2 aliphatic rings. The molecular formula is C13H16OS. The number of fused-ring (bicyclic) bond motifs is 2. The molecule has 2 fully saturated rings. The molecule has 2 bridgehead atoms. The van der Waals surface area contributed by atoms with Crippen LogP contribution in [0.5, 0.6) is 5.75 Å². The van der Waals surface area contributed by atoms with E-state index in [0.29, 0.717) is 5.75 Å². The molecule has 1 aromatic carbocycles. The third kappa shape index (κ3) is 1.87. The van der Waals surface area contributed by atoms with Gasteiger partial charge in [0.25, 0.3) is 0 Å². The summed E-state index contributed by atoms with van der Waals surface area (Å²) >= 11 is 2.01. The molecule has 0 amide bonds. The Labute approximate surface area is 94.9 Å². The minimum absolute atomic E-state index is 0.368. The zero-order valence-electron chi connectivity index (χ0n) is 8.73. The average Bonchev–Trinajstić information content (AvgIpc) is 2.83. The predicted molar refractivity (Wildman–Crippen MR) is 63.2 cm³/mol. The number of thioether (sulfide) groups is 1. The number of hydrogen-bond acceptors (Lipinski definition) is 2. The summed E-state index contributed by atoms with van der Waals surface area (Å²) < 4.78 is 0. The van der Waals surface area contributed by atoms with Gasteiger partial charge in [-0.1, -0.05) is 6.42 Å². The summed E-state index contributed by atoms with van der Waals surface area (Å²) in [6, 6.07) is 7.64. The number of benzene rings is 1. The number of phenolic OH excluding ortho intramolecular Hbond substituents is 1. The van der Waals surface area contributed by atoms with Gasteiger partial charge in [-0.2, -0.15) is 0 Å². The predicted octanol–water partition coefficient (Wildman–Crippen LogP) is 3.67. The smallest absolute Gasteiger partial charge is 0.115 e. The van der Waals surface area contributed by atoms with Crippen LogP contribution in [0.3, 0.4) is 0 Å². The highest BCUT2D eigenvalue weighted by Crippen LogP contribution is 2.50. The molecule has 15 heavy (non-hydrogen) atoms. The third-order valence-corrected chi connectivity index (χ3v) is 5.22. The van der Waals surface area contributed by atoms with E-state index in [1.165, 1.54) is 30.6 Å². The first kappa shape index (κ1) is 9.59. The molecule has 3 rings (SSSR count). The highest BCUT2D eigenvalue weighted by molar-refractivity contribution is 8.00. The van der Waals surface area contributed by atoms with E-state index in [1.807, 2.05) is 23.9 Å². The quantitative estimate of drug-likeness (QED) is 0.820. The van der Waals surface area contributed by atoms with Crippen molar-refractivity contribution in [1.29, 1.82) is 0 Å². The van der Waals surface area contributed by atoms with Crippen molar-refractivity contribution in [2.45, 2.75) is 35.8 Å². The minimum Gasteiger partial charge on any atom is -0.508 e. The fourth-order valence-corrected chi connectivity index (χ4v) is 4.48. The second-order valence-electron chi connectivity index (χ2n) is 4.83. The van der Waals surface area contributed by atoms with Crippen molar-refractivity contribution in [2.24, 2.45) is 11.8 Å². The maximum absolute atomic E-state index is 9.21. The largest absolute Gasteiger partial charge is 0.508 e. The zero-order valence-corrected chi connectivity index (χ0v) is 9.54. The van der Waals surface area contributed by atoms with Crippen LogP contribution in [0.2, 0.25) is 0 Å². The van der Waals surface area contributed by atoms with Crippen LogP contribution >= 0.6 is 11.8 Å². The van der Waals surface area contributed by atoms with Gasteiger partial charge < -0.3 is 5.11 Å². The molecule has 2 saturated carbocycles. The topological polar surface area (TPSA) is 20.2 Å². The van der Waals surface area contributed by atoms with Gasteiger partial charge in [0.1, 0.15) is 5.75 Å².